The van der Waals surface area contributed by atoms with Crippen LogP contribution >= 0.6 is 11.3 Å². The molecule has 39 heavy (non-hydrogen) atoms. The third-order valence-corrected chi connectivity index (χ3v) is 8.12. The number of anilines is 2. The van der Waals surface area contributed by atoms with Crippen LogP contribution in [-0.4, -0.2) is 42.3 Å². The van der Waals surface area contributed by atoms with E-state index in [-0.39, 0.29) is 60.7 Å². The predicted molar refractivity (Wildman–Crippen MR) is 139 cm³/mol. The van der Waals surface area contributed by atoms with Gasteiger partial charge in [0.1, 0.15) is 28.2 Å². The van der Waals surface area contributed by atoms with E-state index in [1.807, 2.05) is 4.90 Å². The van der Waals surface area contributed by atoms with E-state index in [0.29, 0.717) is 24.4 Å². The number of hydrogen-bond donors (Lipinski definition) is 2. The van der Waals surface area contributed by atoms with Gasteiger partial charge in [0.05, 0.1) is 22.8 Å². The first-order valence-corrected chi connectivity index (χ1v) is 12.8. The van der Waals surface area contributed by atoms with Crippen LogP contribution in [0.15, 0.2) is 18.7 Å². The zero-order chi connectivity index (χ0) is 28.2. The van der Waals surface area contributed by atoms with E-state index in [1.165, 1.54) is 14.0 Å². The molecule has 3 N–H and O–H groups in total. The van der Waals surface area contributed by atoms with E-state index in [9.17, 15) is 22.8 Å². The first-order chi connectivity index (χ1) is 18.5. The smallest absolute Gasteiger partial charge is 0.417 e. The summed E-state index contributed by atoms with van der Waals surface area (Å²) in [6.45, 7) is 5.48. The Kier molecular flexibility index (Phi) is 6.72. The molecule has 0 saturated carbocycles. The van der Waals surface area contributed by atoms with Crippen molar-refractivity contribution in [2.24, 2.45) is 0 Å². The molecule has 5 rings (SSSR count). The number of nitrogen functional groups attached to an aromatic ring is 1. The number of rotatable bonds is 4. The lowest BCUT2D eigenvalue weighted by molar-refractivity contribution is -0.137. The van der Waals surface area contributed by atoms with Crippen LogP contribution in [0.5, 0.6) is 6.01 Å². The molecule has 2 bridgehead atoms. The summed E-state index contributed by atoms with van der Waals surface area (Å²) >= 11 is 0.667. The maximum Gasteiger partial charge on any atom is 0.417 e. The van der Waals surface area contributed by atoms with Crippen molar-refractivity contribution in [2.45, 2.75) is 38.0 Å². The summed E-state index contributed by atoms with van der Waals surface area (Å²) in [5, 5.41) is 12.6. The van der Waals surface area contributed by atoms with Gasteiger partial charge < -0.3 is 20.7 Å². The number of fused-ring (bicyclic) bond motifs is 3. The number of thiophene rings is 1. The van der Waals surface area contributed by atoms with E-state index < -0.39 is 28.9 Å². The van der Waals surface area contributed by atoms with Crippen molar-refractivity contribution in [2.75, 3.05) is 30.8 Å². The number of allylic oxidation sites excluding steroid dienone is 1. The van der Waals surface area contributed by atoms with Gasteiger partial charge >= 0.3 is 12.2 Å². The number of nitriles is 1. The summed E-state index contributed by atoms with van der Waals surface area (Å²) in [6.07, 6.45) is -2.35. The number of methoxy groups -OCH3 is 1. The second kappa shape index (κ2) is 9.77. The fraction of sp³-hybridized carbons (Fsp3) is 0.346. The van der Waals surface area contributed by atoms with Crippen LogP contribution in [0.25, 0.3) is 22.3 Å². The van der Waals surface area contributed by atoms with Crippen molar-refractivity contribution in [3.63, 3.8) is 0 Å². The van der Waals surface area contributed by atoms with Gasteiger partial charge in [0.2, 0.25) is 0 Å². The minimum absolute atomic E-state index is 0.117. The fourth-order valence-electron chi connectivity index (χ4n) is 5.39. The average molecular weight is 563 g/mol. The van der Waals surface area contributed by atoms with Crippen LogP contribution in [0.3, 0.4) is 0 Å². The second-order valence-corrected chi connectivity index (χ2v) is 10.5. The zero-order valence-corrected chi connectivity index (χ0v) is 21.7. The number of nitrogens with one attached hydrogen (secondary N) is 1. The number of aromatic nitrogens is 2. The number of piperazine rings is 1. The van der Waals surface area contributed by atoms with Crippen LogP contribution in [0.2, 0.25) is 0 Å². The molecule has 3 aromatic rings. The van der Waals surface area contributed by atoms with Crippen molar-refractivity contribution in [1.29, 1.82) is 5.26 Å². The van der Waals surface area contributed by atoms with Gasteiger partial charge in [-0.25, -0.2) is 8.78 Å². The Morgan fingerprint density at radius 3 is 2.54 bits per heavy atom. The molecule has 204 valence electrons. The van der Waals surface area contributed by atoms with Crippen molar-refractivity contribution in [3.8, 4) is 12.1 Å². The summed E-state index contributed by atoms with van der Waals surface area (Å²) in [6, 6.07) is 2.66. The summed E-state index contributed by atoms with van der Waals surface area (Å²) in [4.78, 5) is 10.2. The molecule has 2 aliphatic heterocycles. The van der Waals surface area contributed by atoms with E-state index in [0.717, 1.165) is 25.0 Å². The number of hydrogen-bond acceptors (Lipinski definition) is 8. The Hall–Kier alpha value is -3.76. The molecule has 0 radical (unpaired) electrons. The molecule has 2 fully saturated rings. The van der Waals surface area contributed by atoms with Gasteiger partial charge in [0.15, 0.2) is 5.82 Å². The molecule has 0 aliphatic carbocycles. The molecule has 1 aromatic carbocycles. The molecular formula is C26H23F5N6OS. The molecule has 2 saturated heterocycles. The first kappa shape index (κ1) is 26.8. The predicted octanol–water partition coefficient (Wildman–Crippen LogP) is 3.73. The van der Waals surface area contributed by atoms with Crippen molar-refractivity contribution < 1.29 is 26.7 Å². The van der Waals surface area contributed by atoms with Gasteiger partial charge in [-0.3, -0.25) is 0 Å². The molecular weight excluding hydrogens is 539 g/mol. The maximum absolute atomic E-state index is 16.4. The quantitative estimate of drug-likeness (QED) is 0.468. The van der Waals surface area contributed by atoms with Crippen molar-refractivity contribution in [3.05, 3.63) is 51.0 Å². The third kappa shape index (κ3) is 4.47. The number of nitrogens with two attached hydrogens (primary N) is 1. The summed E-state index contributed by atoms with van der Waals surface area (Å²) in [5.41, 5.74) is 2.75. The molecule has 2 aliphatic rings. The standard InChI is InChI=1S/C26H23F5N6OS/c1-4-17(27)22-18(15(8-32)23(33)39-22)11(2)19-16(26(29,30)31)7-14-21(20(19)28)35-25(38-3)36-24(14)37-9-12-5-6-13(10-37)34-12/h4,7,12-13,34H,1,5-6,9-10,33H2,2-3H3/b18-11+,22-17-. The minimum atomic E-state index is -5.01. The molecule has 13 heteroatoms. The zero-order valence-electron chi connectivity index (χ0n) is 20.9. The molecule has 2 atom stereocenters. The van der Waals surface area contributed by atoms with Gasteiger partial charge in [0, 0.05) is 41.3 Å². The Balaban J connectivity index is 1.91. The Bertz CT molecular complexity index is 1660. The first-order valence-electron chi connectivity index (χ1n) is 12.0. The molecule has 2 unspecified atom stereocenters. The molecule has 0 amide bonds. The van der Waals surface area contributed by atoms with Crippen molar-refractivity contribution in [1.82, 2.24) is 15.3 Å². The summed E-state index contributed by atoms with van der Waals surface area (Å²) in [7, 11) is 1.28. The van der Waals surface area contributed by atoms with E-state index in [1.54, 1.807) is 6.07 Å². The molecule has 4 heterocycles. The van der Waals surface area contributed by atoms with Gasteiger partial charge in [0.25, 0.3) is 0 Å². The number of halogens is 5. The highest BCUT2D eigenvalue weighted by Gasteiger charge is 2.39. The van der Waals surface area contributed by atoms with Crippen LogP contribution in [0.1, 0.15) is 36.5 Å². The van der Waals surface area contributed by atoms with E-state index >= 15 is 4.39 Å². The molecule has 2 aromatic heterocycles. The number of ether oxygens (including phenoxy) is 1. The van der Waals surface area contributed by atoms with Crippen LogP contribution in [-0.2, 0) is 6.18 Å². The number of nitrogens with zero attached hydrogens (tertiary/aromatic N) is 4. The van der Waals surface area contributed by atoms with Gasteiger partial charge in [-0.15, -0.1) is 11.3 Å². The number of alkyl halides is 3. The van der Waals surface area contributed by atoms with Crippen LogP contribution in [0, 0.1) is 17.1 Å². The van der Waals surface area contributed by atoms with Gasteiger partial charge in [-0.1, -0.05) is 6.58 Å². The largest absolute Gasteiger partial charge is 0.467 e. The van der Waals surface area contributed by atoms with Crippen LogP contribution < -0.4 is 30.4 Å². The Labute approximate surface area is 223 Å². The number of benzene rings is 1. The maximum atomic E-state index is 16.4. The topological polar surface area (TPSA) is 100 Å². The highest BCUT2D eigenvalue weighted by Crippen LogP contribution is 2.41. The normalized spacial score (nSPS) is 20.6. The fourth-order valence-corrected chi connectivity index (χ4v) is 6.39. The Morgan fingerprint density at radius 1 is 1.31 bits per heavy atom. The average Bonchev–Trinajstić information content (AvgIpc) is 3.43. The van der Waals surface area contributed by atoms with E-state index in [2.05, 4.69) is 21.9 Å². The SMILES string of the molecule is C=C/C(F)=c1/sc(N)c(C#N)/c1=C(/C)c1c(C(F)(F)F)cc2c(N3CC4CCC(C3)N4)nc(OC)nc2c1F. The van der Waals surface area contributed by atoms with E-state index in [4.69, 9.17) is 10.5 Å². The summed E-state index contributed by atoms with van der Waals surface area (Å²) in [5.74, 6) is -2.07. The monoisotopic (exact) mass is 562 g/mol. The minimum Gasteiger partial charge on any atom is -0.467 e. The lowest BCUT2D eigenvalue weighted by Gasteiger charge is -2.34. The van der Waals surface area contributed by atoms with Gasteiger partial charge in [-0.05, 0) is 37.5 Å². The second-order valence-electron chi connectivity index (χ2n) is 9.42. The third-order valence-electron chi connectivity index (χ3n) is 7.09. The van der Waals surface area contributed by atoms with Crippen molar-refractivity contribution >= 4 is 44.5 Å². The molecule has 7 nitrogen and oxygen atoms in total. The highest BCUT2D eigenvalue weighted by atomic mass is 32.1. The molecule has 0 spiro atoms. The van der Waals surface area contributed by atoms with Crippen LogP contribution in [0.4, 0.5) is 32.8 Å². The Morgan fingerprint density at radius 2 is 1.97 bits per heavy atom. The summed E-state index contributed by atoms with van der Waals surface area (Å²) < 4.78 is 79.7. The lowest BCUT2D eigenvalue weighted by Crippen LogP contribution is -2.51. The highest BCUT2D eigenvalue weighted by molar-refractivity contribution is 7.14. The van der Waals surface area contributed by atoms with Gasteiger partial charge in [-0.2, -0.15) is 28.4 Å². The lowest BCUT2D eigenvalue weighted by atomic mass is 9.94.